The van der Waals surface area contributed by atoms with E-state index in [2.05, 4.69) is 49.5 Å². The molecule has 1 heteroatoms. The summed E-state index contributed by atoms with van der Waals surface area (Å²) in [7, 11) is 0. The van der Waals surface area contributed by atoms with Crippen LogP contribution in [0.4, 0.5) is 0 Å². The first-order valence-corrected chi connectivity index (χ1v) is 9.12. The smallest absolute Gasteiger partial charge is 0.0164 e. The molecule has 21 heavy (non-hydrogen) atoms. The van der Waals surface area contributed by atoms with Gasteiger partial charge in [0.25, 0.3) is 0 Å². The van der Waals surface area contributed by atoms with Gasteiger partial charge in [0.1, 0.15) is 0 Å². The van der Waals surface area contributed by atoms with Crippen LogP contribution in [0.1, 0.15) is 77.2 Å². The molecule has 1 atom stereocenters. The quantitative estimate of drug-likeness (QED) is 0.596. The molecular formula is C20H33N. The van der Waals surface area contributed by atoms with Crippen molar-refractivity contribution in [2.75, 3.05) is 6.54 Å². The third kappa shape index (κ3) is 4.10. The molecule has 0 spiro atoms. The fourth-order valence-corrected chi connectivity index (χ4v) is 4.11. The van der Waals surface area contributed by atoms with E-state index in [0.717, 1.165) is 6.54 Å². The minimum atomic E-state index is 0.393. The van der Waals surface area contributed by atoms with Crippen LogP contribution in [0.3, 0.4) is 0 Å². The van der Waals surface area contributed by atoms with Crippen molar-refractivity contribution in [2.45, 2.75) is 83.1 Å². The summed E-state index contributed by atoms with van der Waals surface area (Å²) in [5.74, 6) is 0. The lowest BCUT2D eigenvalue weighted by atomic mass is 9.71. The molecular weight excluding hydrogens is 254 g/mol. The Morgan fingerprint density at radius 1 is 1.00 bits per heavy atom. The van der Waals surface area contributed by atoms with Crippen LogP contribution in [-0.4, -0.2) is 12.6 Å². The molecule has 2 rings (SSSR count). The summed E-state index contributed by atoms with van der Waals surface area (Å²) in [4.78, 5) is 0. The Kier molecular flexibility index (Phi) is 6.76. The molecule has 1 fully saturated rings. The molecule has 1 nitrogen and oxygen atoms in total. The van der Waals surface area contributed by atoms with Crippen LogP contribution < -0.4 is 5.32 Å². The van der Waals surface area contributed by atoms with E-state index in [9.17, 15) is 0 Å². The molecule has 1 aromatic carbocycles. The highest BCUT2D eigenvalue weighted by molar-refractivity contribution is 5.29. The standard InChI is InChI=1S/C20H33N/c1-3-5-7-14-19(21-17-4-2)20(15-10-11-16-20)18-12-8-6-9-13-18/h6,8-9,12-13,19,21H,3-5,7,10-11,14-17H2,1-2H3. The molecule has 1 aliphatic rings. The van der Waals surface area contributed by atoms with E-state index < -0.39 is 0 Å². The van der Waals surface area contributed by atoms with Crippen molar-refractivity contribution in [3.05, 3.63) is 35.9 Å². The minimum Gasteiger partial charge on any atom is -0.313 e. The summed E-state index contributed by atoms with van der Waals surface area (Å²) in [5, 5.41) is 3.91. The fourth-order valence-electron chi connectivity index (χ4n) is 4.11. The summed E-state index contributed by atoms with van der Waals surface area (Å²) in [6, 6.07) is 12.0. The zero-order valence-corrected chi connectivity index (χ0v) is 14.0. The second-order valence-corrected chi connectivity index (χ2v) is 6.73. The predicted octanol–water partition coefficient (Wildman–Crippen LogP) is 5.45. The van der Waals surface area contributed by atoms with Crippen LogP contribution in [0.15, 0.2) is 30.3 Å². The zero-order valence-electron chi connectivity index (χ0n) is 14.0. The van der Waals surface area contributed by atoms with E-state index >= 15 is 0 Å². The average molecular weight is 287 g/mol. The molecule has 118 valence electrons. The third-order valence-corrected chi connectivity index (χ3v) is 5.25. The van der Waals surface area contributed by atoms with Crippen molar-refractivity contribution in [2.24, 2.45) is 0 Å². The van der Waals surface area contributed by atoms with E-state index in [4.69, 9.17) is 0 Å². The van der Waals surface area contributed by atoms with Gasteiger partial charge in [-0.2, -0.15) is 0 Å². The highest BCUT2D eigenvalue weighted by atomic mass is 14.9. The zero-order chi connectivity index (χ0) is 15.0. The topological polar surface area (TPSA) is 12.0 Å². The lowest BCUT2D eigenvalue weighted by Crippen LogP contribution is -2.47. The van der Waals surface area contributed by atoms with Crippen molar-refractivity contribution in [3.8, 4) is 0 Å². The second-order valence-electron chi connectivity index (χ2n) is 6.73. The minimum absolute atomic E-state index is 0.393. The molecule has 0 heterocycles. The molecule has 1 aromatic rings. The highest BCUT2D eigenvalue weighted by Crippen LogP contribution is 2.45. The van der Waals surface area contributed by atoms with Gasteiger partial charge in [-0.15, -0.1) is 0 Å². The summed E-state index contributed by atoms with van der Waals surface area (Å²) in [6.07, 6.45) is 12.1. The highest BCUT2D eigenvalue weighted by Gasteiger charge is 2.41. The van der Waals surface area contributed by atoms with Gasteiger partial charge in [0.15, 0.2) is 0 Å². The van der Waals surface area contributed by atoms with Gasteiger partial charge < -0.3 is 5.32 Å². The number of nitrogens with one attached hydrogen (secondary N) is 1. The SMILES string of the molecule is CCCCCC(NCCC)C1(c2ccccc2)CCCC1. The Hall–Kier alpha value is -0.820. The van der Waals surface area contributed by atoms with E-state index in [1.165, 1.54) is 57.8 Å². The molecule has 0 bridgehead atoms. The van der Waals surface area contributed by atoms with Crippen molar-refractivity contribution in [3.63, 3.8) is 0 Å². The van der Waals surface area contributed by atoms with Gasteiger partial charge in [-0.05, 0) is 37.8 Å². The van der Waals surface area contributed by atoms with E-state index in [1.54, 1.807) is 5.56 Å². The van der Waals surface area contributed by atoms with Gasteiger partial charge in [0.05, 0.1) is 0 Å². The Morgan fingerprint density at radius 2 is 1.71 bits per heavy atom. The van der Waals surface area contributed by atoms with Crippen LogP contribution in [0, 0.1) is 0 Å². The molecule has 0 radical (unpaired) electrons. The van der Waals surface area contributed by atoms with Crippen LogP contribution >= 0.6 is 0 Å². The molecule has 1 aliphatic carbocycles. The molecule has 0 amide bonds. The van der Waals surface area contributed by atoms with Crippen molar-refractivity contribution in [1.29, 1.82) is 0 Å². The number of hydrogen-bond donors (Lipinski definition) is 1. The molecule has 0 aliphatic heterocycles. The summed E-state index contributed by atoms with van der Waals surface area (Å²) < 4.78 is 0. The number of hydrogen-bond acceptors (Lipinski definition) is 1. The number of unbranched alkanes of at least 4 members (excludes halogenated alkanes) is 2. The molecule has 0 saturated heterocycles. The fraction of sp³-hybridized carbons (Fsp3) is 0.700. The number of benzene rings is 1. The molecule has 1 N–H and O–H groups in total. The van der Waals surface area contributed by atoms with Crippen molar-refractivity contribution in [1.82, 2.24) is 5.32 Å². The number of rotatable bonds is 9. The van der Waals surface area contributed by atoms with Gasteiger partial charge in [-0.25, -0.2) is 0 Å². The largest absolute Gasteiger partial charge is 0.313 e. The van der Waals surface area contributed by atoms with Gasteiger partial charge in [0.2, 0.25) is 0 Å². The van der Waals surface area contributed by atoms with Crippen LogP contribution in [0.2, 0.25) is 0 Å². The maximum Gasteiger partial charge on any atom is 0.0164 e. The maximum absolute atomic E-state index is 3.91. The Balaban J connectivity index is 2.18. The summed E-state index contributed by atoms with van der Waals surface area (Å²) in [5.41, 5.74) is 1.97. The first-order valence-electron chi connectivity index (χ1n) is 9.12. The molecule has 1 saturated carbocycles. The first-order chi connectivity index (χ1) is 10.3. The molecule has 0 aromatic heterocycles. The average Bonchev–Trinajstić information content (AvgIpc) is 3.02. The summed E-state index contributed by atoms with van der Waals surface area (Å²) >= 11 is 0. The second kappa shape index (κ2) is 8.58. The summed E-state index contributed by atoms with van der Waals surface area (Å²) in [6.45, 7) is 5.74. The van der Waals surface area contributed by atoms with Gasteiger partial charge >= 0.3 is 0 Å². The van der Waals surface area contributed by atoms with Crippen LogP contribution in [-0.2, 0) is 5.41 Å². The maximum atomic E-state index is 3.91. The monoisotopic (exact) mass is 287 g/mol. The van der Waals surface area contributed by atoms with E-state index in [-0.39, 0.29) is 0 Å². The van der Waals surface area contributed by atoms with Crippen LogP contribution in [0.25, 0.3) is 0 Å². The lowest BCUT2D eigenvalue weighted by Gasteiger charge is -2.39. The predicted molar refractivity (Wildman–Crippen MR) is 92.8 cm³/mol. The third-order valence-electron chi connectivity index (χ3n) is 5.25. The van der Waals surface area contributed by atoms with Crippen LogP contribution in [0.5, 0.6) is 0 Å². The lowest BCUT2D eigenvalue weighted by molar-refractivity contribution is 0.275. The Labute approximate surface area is 131 Å². The van der Waals surface area contributed by atoms with Gasteiger partial charge in [-0.1, -0.05) is 76.3 Å². The Morgan fingerprint density at radius 3 is 2.33 bits per heavy atom. The van der Waals surface area contributed by atoms with Gasteiger partial charge in [0, 0.05) is 11.5 Å². The van der Waals surface area contributed by atoms with E-state index in [0.29, 0.717) is 11.5 Å². The van der Waals surface area contributed by atoms with Gasteiger partial charge in [-0.3, -0.25) is 0 Å². The van der Waals surface area contributed by atoms with Crippen molar-refractivity contribution >= 4 is 0 Å². The normalized spacial score (nSPS) is 18.8. The van der Waals surface area contributed by atoms with Crippen molar-refractivity contribution < 1.29 is 0 Å². The Bertz CT molecular complexity index is 378. The van der Waals surface area contributed by atoms with E-state index in [1.807, 2.05) is 0 Å². The molecule has 1 unspecified atom stereocenters. The first kappa shape index (κ1) is 16.5.